The standard InChI is InChI=1S/C17H14ClN3O/c1-3-7-20-17(22)14(10-19)9-13-8-12-6-4-5-11(2)15(12)21-16(13)18/h3-6,8-9H,1,7H2,2H3,(H,20,22)/b14-9+. The largest absolute Gasteiger partial charge is 0.348 e. The molecule has 0 aliphatic carbocycles. The molecule has 0 aliphatic rings. The molecular weight excluding hydrogens is 298 g/mol. The zero-order chi connectivity index (χ0) is 16.1. The van der Waals surface area contributed by atoms with Crippen molar-refractivity contribution in [3.05, 3.63) is 58.8 Å². The first-order chi connectivity index (χ1) is 10.6. The quantitative estimate of drug-likeness (QED) is 0.407. The monoisotopic (exact) mass is 311 g/mol. The fourth-order valence-electron chi connectivity index (χ4n) is 2.01. The van der Waals surface area contributed by atoms with E-state index in [4.69, 9.17) is 16.9 Å². The van der Waals surface area contributed by atoms with Gasteiger partial charge in [0.25, 0.3) is 5.91 Å². The minimum atomic E-state index is -0.470. The Kier molecular flexibility index (Phi) is 4.92. The molecule has 5 heteroatoms. The van der Waals surface area contributed by atoms with Gasteiger partial charge in [-0.3, -0.25) is 4.79 Å². The molecule has 2 rings (SSSR count). The number of hydrogen-bond acceptors (Lipinski definition) is 3. The maximum absolute atomic E-state index is 11.9. The van der Waals surface area contributed by atoms with Gasteiger partial charge >= 0.3 is 0 Å². The number of nitriles is 1. The first-order valence-corrected chi connectivity index (χ1v) is 7.01. The molecule has 2 aromatic rings. The number of halogens is 1. The van der Waals surface area contributed by atoms with E-state index in [1.165, 1.54) is 6.08 Å². The second-order valence-electron chi connectivity index (χ2n) is 4.68. The van der Waals surface area contributed by atoms with Crippen LogP contribution in [0.2, 0.25) is 5.15 Å². The van der Waals surface area contributed by atoms with Crippen molar-refractivity contribution >= 4 is 34.5 Å². The molecule has 0 radical (unpaired) electrons. The number of hydrogen-bond donors (Lipinski definition) is 1. The Labute approximate surface area is 133 Å². The van der Waals surface area contributed by atoms with Crippen LogP contribution in [0.15, 0.2) is 42.5 Å². The van der Waals surface area contributed by atoms with Gasteiger partial charge in [-0.2, -0.15) is 5.26 Å². The van der Waals surface area contributed by atoms with Crippen molar-refractivity contribution in [2.24, 2.45) is 0 Å². The fraction of sp³-hybridized carbons (Fsp3) is 0.118. The number of nitrogens with one attached hydrogen (secondary N) is 1. The van der Waals surface area contributed by atoms with Crippen LogP contribution in [0.25, 0.3) is 17.0 Å². The van der Waals surface area contributed by atoms with Gasteiger partial charge in [0.15, 0.2) is 0 Å². The molecule has 1 aromatic heterocycles. The van der Waals surface area contributed by atoms with Crippen molar-refractivity contribution in [2.75, 3.05) is 6.54 Å². The summed E-state index contributed by atoms with van der Waals surface area (Å²) in [6.45, 7) is 5.75. The smallest absolute Gasteiger partial charge is 0.262 e. The number of benzene rings is 1. The van der Waals surface area contributed by atoms with Crippen LogP contribution in [0.3, 0.4) is 0 Å². The lowest BCUT2D eigenvalue weighted by atomic mass is 10.1. The fourth-order valence-corrected chi connectivity index (χ4v) is 2.20. The maximum atomic E-state index is 11.9. The Balaban J connectivity index is 2.47. The van der Waals surface area contributed by atoms with Crippen LogP contribution < -0.4 is 5.32 Å². The number of carbonyl (C=O) groups is 1. The maximum Gasteiger partial charge on any atom is 0.262 e. The molecule has 4 nitrogen and oxygen atoms in total. The summed E-state index contributed by atoms with van der Waals surface area (Å²) in [5.41, 5.74) is 2.32. The van der Waals surface area contributed by atoms with E-state index in [2.05, 4.69) is 16.9 Å². The van der Waals surface area contributed by atoms with Crippen molar-refractivity contribution in [3.63, 3.8) is 0 Å². The molecule has 0 unspecified atom stereocenters. The lowest BCUT2D eigenvalue weighted by Gasteiger charge is -2.06. The average molecular weight is 312 g/mol. The van der Waals surface area contributed by atoms with Gasteiger partial charge in [-0.05, 0) is 24.6 Å². The SMILES string of the molecule is C=CCNC(=O)/C(C#N)=C/c1cc2cccc(C)c2nc1Cl. The third-order valence-electron chi connectivity index (χ3n) is 3.10. The number of aryl methyl sites for hydroxylation is 1. The highest BCUT2D eigenvalue weighted by atomic mass is 35.5. The molecular formula is C17H14ClN3O. The molecule has 22 heavy (non-hydrogen) atoms. The summed E-state index contributed by atoms with van der Waals surface area (Å²) >= 11 is 6.17. The van der Waals surface area contributed by atoms with E-state index in [0.717, 1.165) is 16.5 Å². The average Bonchev–Trinajstić information content (AvgIpc) is 2.51. The summed E-state index contributed by atoms with van der Waals surface area (Å²) in [7, 11) is 0. The molecule has 0 atom stereocenters. The van der Waals surface area contributed by atoms with E-state index < -0.39 is 5.91 Å². The molecule has 1 amide bonds. The number of rotatable bonds is 4. The van der Waals surface area contributed by atoms with Crippen molar-refractivity contribution < 1.29 is 4.79 Å². The Morgan fingerprint density at radius 3 is 3.00 bits per heavy atom. The lowest BCUT2D eigenvalue weighted by Crippen LogP contribution is -2.24. The van der Waals surface area contributed by atoms with Crippen molar-refractivity contribution in [3.8, 4) is 6.07 Å². The Morgan fingerprint density at radius 1 is 1.55 bits per heavy atom. The molecule has 0 spiro atoms. The van der Waals surface area contributed by atoms with Crippen LogP contribution in [0.5, 0.6) is 0 Å². The van der Waals surface area contributed by atoms with Gasteiger partial charge in [0.05, 0.1) is 5.52 Å². The van der Waals surface area contributed by atoms with E-state index in [9.17, 15) is 4.79 Å². The van der Waals surface area contributed by atoms with Crippen molar-refractivity contribution in [1.82, 2.24) is 10.3 Å². The summed E-state index contributed by atoms with van der Waals surface area (Å²) in [5, 5.41) is 12.9. The molecule has 110 valence electrons. The number of para-hydroxylation sites is 1. The van der Waals surface area contributed by atoms with E-state index >= 15 is 0 Å². The highest BCUT2D eigenvalue weighted by Gasteiger charge is 2.11. The first-order valence-electron chi connectivity index (χ1n) is 6.63. The molecule has 0 bridgehead atoms. The minimum Gasteiger partial charge on any atom is -0.348 e. The summed E-state index contributed by atoms with van der Waals surface area (Å²) in [6, 6.07) is 9.47. The summed E-state index contributed by atoms with van der Waals surface area (Å²) in [5.74, 6) is -0.470. The van der Waals surface area contributed by atoms with Crippen LogP contribution in [0, 0.1) is 18.3 Å². The van der Waals surface area contributed by atoms with E-state index in [0.29, 0.717) is 12.1 Å². The number of pyridine rings is 1. The molecule has 1 N–H and O–H groups in total. The highest BCUT2D eigenvalue weighted by molar-refractivity contribution is 6.31. The second-order valence-corrected chi connectivity index (χ2v) is 5.04. The van der Waals surface area contributed by atoms with Gasteiger partial charge in [-0.25, -0.2) is 4.98 Å². The van der Waals surface area contributed by atoms with Crippen LogP contribution in [-0.4, -0.2) is 17.4 Å². The van der Waals surface area contributed by atoms with Gasteiger partial charge in [-0.1, -0.05) is 35.9 Å². The second kappa shape index (κ2) is 6.88. The summed E-state index contributed by atoms with van der Waals surface area (Å²) in [6.07, 6.45) is 2.98. The minimum absolute atomic E-state index is 0.0300. The molecule has 1 aromatic carbocycles. The number of amides is 1. The molecule has 0 saturated carbocycles. The first kappa shape index (κ1) is 15.7. The highest BCUT2D eigenvalue weighted by Crippen LogP contribution is 2.24. The third-order valence-corrected chi connectivity index (χ3v) is 3.40. The van der Waals surface area contributed by atoms with Crippen LogP contribution in [0.1, 0.15) is 11.1 Å². The van der Waals surface area contributed by atoms with E-state index in [-0.39, 0.29) is 10.7 Å². The predicted octanol–water partition coefficient (Wildman–Crippen LogP) is 3.41. The predicted molar refractivity (Wildman–Crippen MR) is 88.3 cm³/mol. The van der Waals surface area contributed by atoms with Gasteiger partial charge in [0.2, 0.25) is 0 Å². The Hall–Kier alpha value is -2.64. The van der Waals surface area contributed by atoms with Gasteiger partial charge < -0.3 is 5.32 Å². The summed E-state index contributed by atoms with van der Waals surface area (Å²) < 4.78 is 0. The zero-order valence-corrected chi connectivity index (χ0v) is 12.8. The number of fused-ring (bicyclic) bond motifs is 1. The summed E-state index contributed by atoms with van der Waals surface area (Å²) in [4.78, 5) is 16.2. The number of aromatic nitrogens is 1. The van der Waals surface area contributed by atoms with Crippen LogP contribution >= 0.6 is 11.6 Å². The van der Waals surface area contributed by atoms with Gasteiger partial charge in [-0.15, -0.1) is 6.58 Å². The van der Waals surface area contributed by atoms with E-state index in [1.54, 1.807) is 6.08 Å². The van der Waals surface area contributed by atoms with Crippen molar-refractivity contribution in [1.29, 1.82) is 5.26 Å². The molecule has 0 saturated heterocycles. The Morgan fingerprint density at radius 2 is 2.32 bits per heavy atom. The van der Waals surface area contributed by atoms with Gasteiger partial charge in [0.1, 0.15) is 16.8 Å². The van der Waals surface area contributed by atoms with Crippen LogP contribution in [-0.2, 0) is 4.79 Å². The molecule has 1 heterocycles. The third kappa shape index (κ3) is 3.33. The Bertz CT molecular complexity index is 818. The van der Waals surface area contributed by atoms with Crippen LogP contribution in [0.4, 0.5) is 0 Å². The topological polar surface area (TPSA) is 65.8 Å². The number of nitrogens with zero attached hydrogens (tertiary/aromatic N) is 2. The zero-order valence-electron chi connectivity index (χ0n) is 12.1. The molecule has 0 fully saturated rings. The van der Waals surface area contributed by atoms with Gasteiger partial charge in [0, 0.05) is 17.5 Å². The number of carbonyl (C=O) groups excluding carboxylic acids is 1. The molecule has 0 aliphatic heterocycles. The normalized spacial score (nSPS) is 11.0. The van der Waals surface area contributed by atoms with Crippen molar-refractivity contribution in [2.45, 2.75) is 6.92 Å². The lowest BCUT2D eigenvalue weighted by molar-refractivity contribution is -0.116. The van der Waals surface area contributed by atoms with E-state index in [1.807, 2.05) is 37.3 Å².